The van der Waals surface area contributed by atoms with E-state index in [1.165, 1.54) is 22.5 Å². The number of rotatable bonds is 6. The number of nitrogens with one attached hydrogen (secondary N) is 1. The summed E-state index contributed by atoms with van der Waals surface area (Å²) < 4.78 is 5.44. The van der Waals surface area contributed by atoms with Crippen LogP contribution >= 0.6 is 11.3 Å². The monoisotopic (exact) mass is 446 g/mol. The molecule has 7 nitrogen and oxygen atoms in total. The minimum Gasteiger partial charge on any atom is -0.379 e. The Labute approximate surface area is 191 Å². The minimum atomic E-state index is 0.790. The molecule has 4 aromatic rings. The molecule has 0 amide bonds. The number of aryl methyl sites for hydroxylation is 1. The molecular weight excluding hydrogens is 420 g/mol. The predicted molar refractivity (Wildman–Crippen MR) is 130 cm³/mol. The maximum Gasteiger partial charge on any atom is 0.190 e. The Morgan fingerprint density at radius 2 is 1.88 bits per heavy atom. The van der Waals surface area contributed by atoms with Gasteiger partial charge in [0.15, 0.2) is 5.13 Å². The van der Waals surface area contributed by atoms with E-state index in [1.54, 1.807) is 0 Å². The van der Waals surface area contributed by atoms with Crippen LogP contribution in [-0.4, -0.2) is 53.2 Å². The van der Waals surface area contributed by atoms with Crippen molar-refractivity contribution in [2.75, 3.05) is 43.6 Å². The number of aromatic nitrogens is 3. The molecule has 0 atom stereocenters. The van der Waals surface area contributed by atoms with Crippen LogP contribution in [0.2, 0.25) is 0 Å². The number of morpholine rings is 1. The van der Waals surface area contributed by atoms with E-state index < -0.39 is 0 Å². The molecule has 3 aromatic heterocycles. The molecule has 0 bridgehead atoms. The summed E-state index contributed by atoms with van der Waals surface area (Å²) in [5.41, 5.74) is 4.45. The van der Waals surface area contributed by atoms with Crippen LogP contribution < -0.4 is 10.2 Å². The Morgan fingerprint density at radius 1 is 1.06 bits per heavy atom. The van der Waals surface area contributed by atoms with Gasteiger partial charge < -0.3 is 15.0 Å². The van der Waals surface area contributed by atoms with Gasteiger partial charge >= 0.3 is 0 Å². The molecule has 1 fully saturated rings. The predicted octanol–water partition coefficient (Wildman–Crippen LogP) is 4.74. The number of fused-ring (bicyclic) bond motifs is 1. The van der Waals surface area contributed by atoms with E-state index in [9.17, 15) is 0 Å². The standard InChI is InChI=1S/C24H26N6OS/c1-17-3-5-19(6-4-17)29(2)22-8-7-20-23(28-22)32-24(26-20)27-21-15-18(9-10-25-21)16-30-11-13-31-14-12-30/h3-10,15H,11-14,16H2,1-2H3,(H,25,26,27). The van der Waals surface area contributed by atoms with E-state index in [0.29, 0.717) is 0 Å². The van der Waals surface area contributed by atoms with Crippen LogP contribution in [0.3, 0.4) is 0 Å². The summed E-state index contributed by atoms with van der Waals surface area (Å²) >= 11 is 1.54. The number of thiazole rings is 1. The van der Waals surface area contributed by atoms with Crippen molar-refractivity contribution in [2.45, 2.75) is 13.5 Å². The molecule has 32 heavy (non-hydrogen) atoms. The average molecular weight is 447 g/mol. The highest BCUT2D eigenvalue weighted by Crippen LogP contribution is 2.30. The molecule has 1 N–H and O–H groups in total. The number of pyridine rings is 2. The lowest BCUT2D eigenvalue weighted by molar-refractivity contribution is 0.0342. The average Bonchev–Trinajstić information content (AvgIpc) is 3.21. The van der Waals surface area contributed by atoms with Crippen molar-refractivity contribution in [1.82, 2.24) is 19.9 Å². The third kappa shape index (κ3) is 4.72. The maximum atomic E-state index is 5.44. The molecule has 0 unspecified atom stereocenters. The van der Waals surface area contributed by atoms with E-state index >= 15 is 0 Å². The molecule has 8 heteroatoms. The molecular formula is C24H26N6OS. The number of anilines is 4. The van der Waals surface area contributed by atoms with Gasteiger partial charge in [-0.1, -0.05) is 29.0 Å². The zero-order chi connectivity index (χ0) is 21.9. The van der Waals surface area contributed by atoms with Crippen molar-refractivity contribution in [3.05, 3.63) is 65.9 Å². The van der Waals surface area contributed by atoms with Gasteiger partial charge in [0, 0.05) is 38.6 Å². The Hall–Kier alpha value is -3.07. The molecule has 4 heterocycles. The van der Waals surface area contributed by atoms with E-state index in [0.717, 1.165) is 65.6 Å². The quantitative estimate of drug-likeness (QED) is 0.459. The van der Waals surface area contributed by atoms with Crippen LogP contribution in [-0.2, 0) is 11.3 Å². The van der Waals surface area contributed by atoms with Gasteiger partial charge in [0.05, 0.1) is 13.2 Å². The normalized spacial score (nSPS) is 14.6. The van der Waals surface area contributed by atoms with E-state index in [2.05, 4.69) is 63.4 Å². The molecule has 5 rings (SSSR count). The highest BCUT2D eigenvalue weighted by molar-refractivity contribution is 7.21. The number of hydrogen-bond donors (Lipinski definition) is 1. The lowest BCUT2D eigenvalue weighted by Gasteiger charge is -2.26. The first-order valence-corrected chi connectivity index (χ1v) is 11.6. The van der Waals surface area contributed by atoms with Gasteiger partial charge in [-0.05, 0) is 48.9 Å². The second-order valence-electron chi connectivity index (χ2n) is 7.97. The Balaban J connectivity index is 1.32. The van der Waals surface area contributed by atoms with Gasteiger partial charge in [-0.3, -0.25) is 4.90 Å². The van der Waals surface area contributed by atoms with Crippen molar-refractivity contribution >= 4 is 44.1 Å². The van der Waals surface area contributed by atoms with Gasteiger partial charge in [0.25, 0.3) is 0 Å². The van der Waals surface area contributed by atoms with E-state index in [4.69, 9.17) is 14.7 Å². The van der Waals surface area contributed by atoms with Crippen LogP contribution in [0.15, 0.2) is 54.7 Å². The zero-order valence-corrected chi connectivity index (χ0v) is 19.1. The fourth-order valence-corrected chi connectivity index (χ4v) is 4.56. The smallest absolute Gasteiger partial charge is 0.190 e. The van der Waals surface area contributed by atoms with Gasteiger partial charge in [0.2, 0.25) is 0 Å². The molecule has 0 radical (unpaired) electrons. The van der Waals surface area contributed by atoms with Crippen molar-refractivity contribution < 1.29 is 4.74 Å². The molecule has 1 aromatic carbocycles. The van der Waals surface area contributed by atoms with E-state index in [1.807, 2.05) is 25.4 Å². The third-order valence-electron chi connectivity index (χ3n) is 5.57. The first kappa shape index (κ1) is 20.8. The minimum absolute atomic E-state index is 0.790. The summed E-state index contributed by atoms with van der Waals surface area (Å²) in [4.78, 5) is 19.4. The van der Waals surface area contributed by atoms with Crippen LogP contribution in [0, 0.1) is 6.92 Å². The fourth-order valence-electron chi connectivity index (χ4n) is 3.72. The molecule has 1 aliphatic heterocycles. The van der Waals surface area contributed by atoms with Crippen molar-refractivity contribution in [1.29, 1.82) is 0 Å². The first-order chi connectivity index (χ1) is 15.6. The van der Waals surface area contributed by atoms with Gasteiger partial charge in [0.1, 0.15) is 22.0 Å². The van der Waals surface area contributed by atoms with Crippen LogP contribution in [0.4, 0.5) is 22.5 Å². The Bertz CT molecular complexity index is 1200. The highest BCUT2D eigenvalue weighted by atomic mass is 32.1. The summed E-state index contributed by atoms with van der Waals surface area (Å²) in [5, 5.41) is 4.15. The van der Waals surface area contributed by atoms with Gasteiger partial charge in [-0.15, -0.1) is 0 Å². The lowest BCUT2D eigenvalue weighted by atomic mass is 10.2. The number of ether oxygens (including phenoxy) is 1. The second-order valence-corrected chi connectivity index (χ2v) is 8.95. The number of benzene rings is 1. The van der Waals surface area contributed by atoms with Crippen molar-refractivity contribution in [3.8, 4) is 0 Å². The summed E-state index contributed by atoms with van der Waals surface area (Å²) in [6.07, 6.45) is 1.85. The molecule has 1 saturated heterocycles. The molecule has 1 aliphatic rings. The summed E-state index contributed by atoms with van der Waals surface area (Å²) in [6, 6.07) is 16.6. The molecule has 0 spiro atoms. The summed E-state index contributed by atoms with van der Waals surface area (Å²) in [7, 11) is 2.03. The third-order valence-corrected chi connectivity index (χ3v) is 6.46. The summed E-state index contributed by atoms with van der Waals surface area (Å²) in [6.45, 7) is 6.53. The summed E-state index contributed by atoms with van der Waals surface area (Å²) in [5.74, 6) is 1.69. The molecule has 164 valence electrons. The Kier molecular flexibility index (Phi) is 5.98. The van der Waals surface area contributed by atoms with Crippen molar-refractivity contribution in [3.63, 3.8) is 0 Å². The fraction of sp³-hybridized carbons (Fsp3) is 0.292. The van der Waals surface area contributed by atoms with Crippen molar-refractivity contribution in [2.24, 2.45) is 0 Å². The largest absolute Gasteiger partial charge is 0.379 e. The maximum absolute atomic E-state index is 5.44. The molecule has 0 saturated carbocycles. The first-order valence-electron chi connectivity index (χ1n) is 10.7. The SMILES string of the molecule is Cc1ccc(N(C)c2ccc3nc(Nc4cc(CN5CCOCC5)ccn4)sc3n2)cc1. The zero-order valence-electron chi connectivity index (χ0n) is 18.3. The Morgan fingerprint density at radius 3 is 2.69 bits per heavy atom. The van der Waals surface area contributed by atoms with Crippen LogP contribution in [0.1, 0.15) is 11.1 Å². The lowest BCUT2D eigenvalue weighted by Crippen LogP contribution is -2.35. The number of hydrogen-bond acceptors (Lipinski definition) is 8. The molecule has 0 aliphatic carbocycles. The van der Waals surface area contributed by atoms with Crippen LogP contribution in [0.25, 0.3) is 10.3 Å². The topological polar surface area (TPSA) is 66.4 Å². The number of nitrogens with zero attached hydrogens (tertiary/aromatic N) is 5. The second kappa shape index (κ2) is 9.20. The van der Waals surface area contributed by atoms with E-state index in [-0.39, 0.29) is 0 Å². The highest BCUT2D eigenvalue weighted by Gasteiger charge is 2.13. The van der Waals surface area contributed by atoms with Gasteiger partial charge in [-0.2, -0.15) is 0 Å². The van der Waals surface area contributed by atoms with Crippen LogP contribution in [0.5, 0.6) is 0 Å². The van der Waals surface area contributed by atoms with Gasteiger partial charge in [-0.25, -0.2) is 15.0 Å².